The third-order valence-corrected chi connectivity index (χ3v) is 8.44. The van der Waals surface area contributed by atoms with Crippen LogP contribution in [0.4, 0.5) is 5.69 Å². The second-order valence-electron chi connectivity index (χ2n) is 12.4. The largest absolute Gasteiger partial charge is 0.488 e. The zero-order valence-electron chi connectivity index (χ0n) is 23.4. The average molecular weight is 502 g/mol. The van der Waals surface area contributed by atoms with Crippen LogP contribution in [-0.2, 0) is 17.4 Å². The first kappa shape index (κ1) is 26.7. The maximum atomic E-state index is 6.72. The van der Waals surface area contributed by atoms with Crippen molar-refractivity contribution >= 4 is 24.9 Å². The normalized spacial score (nSPS) is 15.0. The van der Waals surface area contributed by atoms with Gasteiger partial charge in [-0.2, -0.15) is 0 Å². The van der Waals surface area contributed by atoms with Crippen molar-refractivity contribution < 1.29 is 4.74 Å². The lowest BCUT2D eigenvalue weighted by Gasteiger charge is -2.32. The van der Waals surface area contributed by atoms with Crippen molar-refractivity contribution in [3.63, 3.8) is 0 Å². The van der Waals surface area contributed by atoms with Crippen LogP contribution in [0.1, 0.15) is 83.1 Å². The van der Waals surface area contributed by atoms with Crippen molar-refractivity contribution in [3.05, 3.63) is 82.9 Å². The second-order valence-corrected chi connectivity index (χ2v) is 13.7. The standard InChI is InChI=1S/C33H44NOP/c1-24-16-17-29(28(20-24)34-18-12-9-13-19-34)36-30-22-26(32(2,3)4)21-27(33(5,6)7)31(30)35-23-25-14-10-8-11-15-25/h8,10-11,14-17,20-22,36H,9,12-13,18-19,23H2,1-7H3. The zero-order chi connectivity index (χ0) is 25.9. The van der Waals surface area contributed by atoms with Gasteiger partial charge in [-0.05, 0) is 65.8 Å². The number of hydrogen-bond acceptors (Lipinski definition) is 2. The van der Waals surface area contributed by atoms with Gasteiger partial charge in [0.25, 0.3) is 0 Å². The van der Waals surface area contributed by atoms with E-state index in [0.717, 1.165) is 18.8 Å². The molecule has 1 atom stereocenters. The lowest BCUT2D eigenvalue weighted by molar-refractivity contribution is 0.300. The van der Waals surface area contributed by atoms with Crippen LogP contribution in [0.5, 0.6) is 5.75 Å². The maximum Gasteiger partial charge on any atom is 0.131 e. The molecule has 1 heterocycles. The Morgan fingerprint density at radius 2 is 1.47 bits per heavy atom. The Kier molecular flexibility index (Phi) is 8.15. The van der Waals surface area contributed by atoms with E-state index in [4.69, 9.17) is 4.74 Å². The first-order valence-corrected chi connectivity index (χ1v) is 14.5. The minimum Gasteiger partial charge on any atom is -0.488 e. The van der Waals surface area contributed by atoms with Crippen molar-refractivity contribution in [1.29, 1.82) is 0 Å². The van der Waals surface area contributed by atoms with Crippen molar-refractivity contribution in [2.45, 2.75) is 85.2 Å². The number of piperidine rings is 1. The average Bonchev–Trinajstić information content (AvgIpc) is 2.84. The van der Waals surface area contributed by atoms with Gasteiger partial charge in [-0.1, -0.05) is 98.7 Å². The number of hydrogen-bond donors (Lipinski definition) is 0. The van der Waals surface area contributed by atoms with Gasteiger partial charge in [0.05, 0.1) is 0 Å². The summed E-state index contributed by atoms with van der Waals surface area (Å²) in [5.41, 5.74) is 6.70. The van der Waals surface area contributed by atoms with Crippen LogP contribution >= 0.6 is 8.58 Å². The van der Waals surface area contributed by atoms with Crippen LogP contribution in [0.3, 0.4) is 0 Å². The molecule has 0 bridgehead atoms. The molecular weight excluding hydrogens is 457 g/mol. The van der Waals surface area contributed by atoms with E-state index in [9.17, 15) is 0 Å². The number of ether oxygens (including phenoxy) is 1. The molecule has 0 N–H and O–H groups in total. The fourth-order valence-corrected chi connectivity index (χ4v) is 6.25. The van der Waals surface area contributed by atoms with Gasteiger partial charge in [-0.25, -0.2) is 0 Å². The van der Waals surface area contributed by atoms with Crippen LogP contribution in [-0.4, -0.2) is 13.1 Å². The quantitative estimate of drug-likeness (QED) is 0.320. The minimum atomic E-state index is -0.0184. The molecule has 1 aliphatic rings. The van der Waals surface area contributed by atoms with E-state index in [1.165, 1.54) is 57.8 Å². The van der Waals surface area contributed by atoms with E-state index < -0.39 is 0 Å². The Hall–Kier alpha value is -2.31. The highest BCUT2D eigenvalue weighted by Crippen LogP contribution is 2.38. The molecule has 1 saturated heterocycles. The molecule has 0 aliphatic carbocycles. The molecule has 0 saturated carbocycles. The summed E-state index contributed by atoms with van der Waals surface area (Å²) in [7, 11) is 0.547. The molecule has 1 fully saturated rings. The summed E-state index contributed by atoms with van der Waals surface area (Å²) in [5, 5.41) is 2.75. The molecule has 1 unspecified atom stereocenters. The fraction of sp³-hybridized carbons (Fsp3) is 0.455. The van der Waals surface area contributed by atoms with Gasteiger partial charge < -0.3 is 9.64 Å². The van der Waals surface area contributed by atoms with E-state index in [-0.39, 0.29) is 10.8 Å². The van der Waals surface area contributed by atoms with E-state index in [0.29, 0.717) is 15.2 Å². The third kappa shape index (κ3) is 6.51. The van der Waals surface area contributed by atoms with E-state index in [1.807, 2.05) is 0 Å². The predicted octanol–water partition coefficient (Wildman–Crippen LogP) is 7.79. The maximum absolute atomic E-state index is 6.72. The minimum absolute atomic E-state index is 0.0184. The molecule has 2 nitrogen and oxygen atoms in total. The van der Waals surface area contributed by atoms with Gasteiger partial charge in [-0.3, -0.25) is 0 Å². The lowest BCUT2D eigenvalue weighted by Crippen LogP contribution is -2.32. The first-order chi connectivity index (χ1) is 17.0. The van der Waals surface area contributed by atoms with Crippen LogP contribution in [0.15, 0.2) is 60.7 Å². The summed E-state index contributed by atoms with van der Waals surface area (Å²) in [5.74, 6) is 1.07. The summed E-state index contributed by atoms with van der Waals surface area (Å²) in [6.45, 7) is 19.0. The Balaban J connectivity index is 1.82. The predicted molar refractivity (Wildman–Crippen MR) is 159 cm³/mol. The van der Waals surface area contributed by atoms with Crippen LogP contribution < -0.4 is 20.2 Å². The van der Waals surface area contributed by atoms with E-state index >= 15 is 0 Å². The summed E-state index contributed by atoms with van der Waals surface area (Å²) < 4.78 is 6.72. The first-order valence-electron chi connectivity index (χ1n) is 13.5. The molecular formula is C33H44NOP. The van der Waals surface area contributed by atoms with Gasteiger partial charge in [0, 0.05) is 34.9 Å². The van der Waals surface area contributed by atoms with Crippen molar-refractivity contribution in [2.75, 3.05) is 18.0 Å². The molecule has 192 valence electrons. The van der Waals surface area contributed by atoms with Gasteiger partial charge in [0.1, 0.15) is 12.4 Å². The zero-order valence-corrected chi connectivity index (χ0v) is 24.4. The highest BCUT2D eigenvalue weighted by Gasteiger charge is 2.27. The monoisotopic (exact) mass is 501 g/mol. The SMILES string of the molecule is Cc1ccc(Pc2cc(C(C)(C)C)cc(C(C)(C)C)c2OCc2ccccc2)c(N2CCCCC2)c1. The molecule has 3 aromatic rings. The molecule has 0 radical (unpaired) electrons. The van der Waals surface area contributed by atoms with Crippen LogP contribution in [0.2, 0.25) is 0 Å². The number of benzene rings is 3. The smallest absolute Gasteiger partial charge is 0.131 e. The van der Waals surface area contributed by atoms with Crippen molar-refractivity contribution in [3.8, 4) is 5.75 Å². The topological polar surface area (TPSA) is 12.5 Å². The van der Waals surface area contributed by atoms with Gasteiger partial charge in [0.2, 0.25) is 0 Å². The Morgan fingerprint density at radius 1 is 0.778 bits per heavy atom. The molecule has 3 heteroatoms. The Labute approximate surface area is 221 Å². The van der Waals surface area contributed by atoms with Gasteiger partial charge in [-0.15, -0.1) is 0 Å². The molecule has 36 heavy (non-hydrogen) atoms. The van der Waals surface area contributed by atoms with Gasteiger partial charge >= 0.3 is 0 Å². The van der Waals surface area contributed by atoms with E-state index in [1.54, 1.807) is 0 Å². The summed E-state index contributed by atoms with van der Waals surface area (Å²) in [4.78, 5) is 2.61. The van der Waals surface area contributed by atoms with Crippen LogP contribution in [0.25, 0.3) is 0 Å². The number of anilines is 1. The Morgan fingerprint density at radius 3 is 2.11 bits per heavy atom. The second kappa shape index (κ2) is 11.0. The third-order valence-electron chi connectivity index (χ3n) is 7.11. The van der Waals surface area contributed by atoms with Crippen LogP contribution in [0, 0.1) is 6.92 Å². The fourth-order valence-electron chi connectivity index (χ4n) is 4.89. The number of aryl methyl sites for hydroxylation is 1. The summed E-state index contributed by atoms with van der Waals surface area (Å²) in [6.07, 6.45) is 3.92. The highest BCUT2D eigenvalue weighted by molar-refractivity contribution is 7.56. The molecule has 1 aliphatic heterocycles. The number of nitrogens with zero attached hydrogens (tertiary/aromatic N) is 1. The summed E-state index contributed by atoms with van der Waals surface area (Å²) >= 11 is 0. The number of rotatable bonds is 6. The summed E-state index contributed by atoms with van der Waals surface area (Å²) in [6, 6.07) is 22.4. The molecule has 4 rings (SSSR count). The van der Waals surface area contributed by atoms with Crippen molar-refractivity contribution in [1.82, 2.24) is 0 Å². The van der Waals surface area contributed by atoms with Crippen molar-refractivity contribution in [2.24, 2.45) is 0 Å². The Bertz CT molecular complexity index is 1160. The molecule has 0 spiro atoms. The highest BCUT2D eigenvalue weighted by atomic mass is 31.1. The molecule has 3 aromatic carbocycles. The lowest BCUT2D eigenvalue weighted by atomic mass is 9.80. The molecule has 0 aromatic heterocycles. The van der Waals surface area contributed by atoms with E-state index in [2.05, 4.69) is 114 Å². The van der Waals surface area contributed by atoms with Gasteiger partial charge in [0.15, 0.2) is 0 Å². The molecule has 0 amide bonds.